The first-order valence-electron chi connectivity index (χ1n) is 6.75. The summed E-state index contributed by atoms with van der Waals surface area (Å²) < 4.78 is 10.3. The van der Waals surface area contributed by atoms with Crippen LogP contribution in [-0.2, 0) is 0 Å². The van der Waals surface area contributed by atoms with E-state index in [1.807, 2.05) is 36.4 Å². The maximum Gasteiger partial charge on any atom is 0.119 e. The highest BCUT2D eigenvalue weighted by Gasteiger charge is 2.05. The van der Waals surface area contributed by atoms with Crippen molar-refractivity contribution in [3.63, 3.8) is 0 Å². The quantitative estimate of drug-likeness (QED) is 0.863. The molecule has 0 aliphatic heterocycles. The van der Waals surface area contributed by atoms with Crippen LogP contribution in [0.2, 0.25) is 0 Å². The Bertz CT molecular complexity index is 520. The Morgan fingerprint density at radius 1 is 0.850 bits per heavy atom. The molecule has 106 valence electrons. The predicted octanol–water partition coefficient (Wildman–Crippen LogP) is 3.92. The number of hydrogen-bond donors (Lipinski definition) is 1. The molecular weight excluding hydrogens is 250 g/mol. The van der Waals surface area contributed by atoms with Gasteiger partial charge < -0.3 is 14.8 Å². The van der Waals surface area contributed by atoms with E-state index in [1.165, 1.54) is 5.56 Å². The van der Waals surface area contributed by atoms with E-state index in [2.05, 4.69) is 24.4 Å². The summed E-state index contributed by atoms with van der Waals surface area (Å²) in [5.41, 5.74) is 2.40. The Morgan fingerprint density at radius 2 is 1.35 bits per heavy atom. The molecule has 0 aromatic heterocycles. The third-order valence-electron chi connectivity index (χ3n) is 3.39. The first-order valence-corrected chi connectivity index (χ1v) is 6.75. The van der Waals surface area contributed by atoms with E-state index in [-0.39, 0.29) is 0 Å². The first kappa shape index (κ1) is 14.3. The number of hydrogen-bond acceptors (Lipinski definition) is 3. The molecule has 0 saturated carbocycles. The van der Waals surface area contributed by atoms with Gasteiger partial charge in [0.1, 0.15) is 11.5 Å². The smallest absolute Gasteiger partial charge is 0.119 e. The molecule has 20 heavy (non-hydrogen) atoms. The van der Waals surface area contributed by atoms with E-state index in [9.17, 15) is 0 Å². The molecule has 1 N–H and O–H groups in total. The molecule has 0 amide bonds. The molecule has 0 radical (unpaired) electrons. The van der Waals surface area contributed by atoms with Gasteiger partial charge in [0.2, 0.25) is 0 Å². The van der Waals surface area contributed by atoms with Crippen LogP contribution < -0.4 is 14.8 Å². The molecule has 1 atom stereocenters. The molecule has 3 nitrogen and oxygen atoms in total. The molecule has 0 aliphatic carbocycles. The topological polar surface area (TPSA) is 30.5 Å². The van der Waals surface area contributed by atoms with Crippen molar-refractivity contribution in [1.29, 1.82) is 0 Å². The standard InChI is InChI=1S/C17H21NO2/c1-13(14-4-8-16(19-2)9-5-14)12-18-15-6-10-17(20-3)11-7-15/h4-11,13,18H,12H2,1-3H3/t13-/m0/s1. The van der Waals surface area contributed by atoms with Crippen molar-refractivity contribution in [1.82, 2.24) is 0 Å². The van der Waals surface area contributed by atoms with E-state index in [1.54, 1.807) is 14.2 Å². The van der Waals surface area contributed by atoms with Gasteiger partial charge in [-0.3, -0.25) is 0 Å². The van der Waals surface area contributed by atoms with Crippen LogP contribution in [0.15, 0.2) is 48.5 Å². The van der Waals surface area contributed by atoms with Gasteiger partial charge in [-0.25, -0.2) is 0 Å². The molecule has 0 saturated heterocycles. The highest BCUT2D eigenvalue weighted by Crippen LogP contribution is 2.21. The first-order chi connectivity index (χ1) is 9.72. The molecule has 0 aliphatic rings. The second-order valence-electron chi connectivity index (χ2n) is 4.78. The number of rotatable bonds is 6. The fourth-order valence-electron chi connectivity index (χ4n) is 2.03. The third kappa shape index (κ3) is 3.67. The van der Waals surface area contributed by atoms with Gasteiger partial charge in [0.05, 0.1) is 14.2 Å². The summed E-state index contributed by atoms with van der Waals surface area (Å²) in [6.07, 6.45) is 0. The Kier molecular flexibility index (Phi) is 4.88. The zero-order valence-corrected chi connectivity index (χ0v) is 12.2. The Balaban J connectivity index is 1.91. The summed E-state index contributed by atoms with van der Waals surface area (Å²) in [4.78, 5) is 0. The molecule has 0 bridgehead atoms. The summed E-state index contributed by atoms with van der Waals surface area (Å²) in [7, 11) is 3.36. The van der Waals surface area contributed by atoms with Gasteiger partial charge in [-0.1, -0.05) is 19.1 Å². The number of methoxy groups -OCH3 is 2. The fourth-order valence-corrected chi connectivity index (χ4v) is 2.03. The Morgan fingerprint density at radius 3 is 1.85 bits per heavy atom. The van der Waals surface area contributed by atoms with Crippen LogP contribution in [0.3, 0.4) is 0 Å². The highest BCUT2D eigenvalue weighted by atomic mass is 16.5. The van der Waals surface area contributed by atoms with Gasteiger partial charge in [0.25, 0.3) is 0 Å². The molecule has 0 heterocycles. The van der Waals surface area contributed by atoms with Crippen molar-refractivity contribution in [2.24, 2.45) is 0 Å². The van der Waals surface area contributed by atoms with Crippen molar-refractivity contribution in [2.45, 2.75) is 12.8 Å². The third-order valence-corrected chi connectivity index (χ3v) is 3.39. The normalized spacial score (nSPS) is 11.8. The Labute approximate surface area is 120 Å². The van der Waals surface area contributed by atoms with Gasteiger partial charge in [0, 0.05) is 12.2 Å². The fraction of sp³-hybridized carbons (Fsp3) is 0.294. The van der Waals surface area contributed by atoms with Crippen molar-refractivity contribution in [2.75, 3.05) is 26.1 Å². The zero-order chi connectivity index (χ0) is 14.4. The largest absolute Gasteiger partial charge is 0.497 e. The van der Waals surface area contributed by atoms with Crippen LogP contribution in [0.4, 0.5) is 5.69 Å². The molecular formula is C17H21NO2. The molecule has 0 unspecified atom stereocenters. The summed E-state index contributed by atoms with van der Waals surface area (Å²) in [6.45, 7) is 3.09. The van der Waals surface area contributed by atoms with Gasteiger partial charge in [-0.05, 0) is 47.9 Å². The van der Waals surface area contributed by atoms with Gasteiger partial charge in [0.15, 0.2) is 0 Å². The molecule has 0 spiro atoms. The number of anilines is 1. The monoisotopic (exact) mass is 271 g/mol. The summed E-state index contributed by atoms with van der Waals surface area (Å²) in [5.74, 6) is 2.20. The second kappa shape index (κ2) is 6.85. The lowest BCUT2D eigenvalue weighted by molar-refractivity contribution is 0.414. The van der Waals surface area contributed by atoms with Crippen LogP contribution in [0.5, 0.6) is 11.5 Å². The summed E-state index contributed by atoms with van der Waals surface area (Å²) in [6, 6.07) is 16.2. The van der Waals surface area contributed by atoms with E-state index < -0.39 is 0 Å². The van der Waals surface area contributed by atoms with Crippen molar-refractivity contribution in [3.8, 4) is 11.5 Å². The van der Waals surface area contributed by atoms with Gasteiger partial charge >= 0.3 is 0 Å². The average molecular weight is 271 g/mol. The number of nitrogens with one attached hydrogen (secondary N) is 1. The summed E-state index contributed by atoms with van der Waals surface area (Å²) in [5, 5.41) is 3.44. The highest BCUT2D eigenvalue weighted by molar-refractivity contribution is 5.46. The second-order valence-corrected chi connectivity index (χ2v) is 4.78. The van der Waals surface area contributed by atoms with Crippen molar-refractivity contribution < 1.29 is 9.47 Å². The molecule has 3 heteroatoms. The maximum absolute atomic E-state index is 5.17. The lowest BCUT2D eigenvalue weighted by atomic mass is 10.0. The maximum atomic E-state index is 5.17. The summed E-state index contributed by atoms with van der Waals surface area (Å²) >= 11 is 0. The van der Waals surface area contributed by atoms with Crippen LogP contribution in [0.25, 0.3) is 0 Å². The minimum absolute atomic E-state index is 0.433. The van der Waals surface area contributed by atoms with Crippen LogP contribution in [0.1, 0.15) is 18.4 Å². The minimum Gasteiger partial charge on any atom is -0.497 e. The van der Waals surface area contributed by atoms with Gasteiger partial charge in [-0.15, -0.1) is 0 Å². The lowest BCUT2D eigenvalue weighted by Gasteiger charge is -2.14. The molecule has 2 aromatic rings. The van der Waals surface area contributed by atoms with Crippen LogP contribution in [-0.4, -0.2) is 20.8 Å². The number of benzene rings is 2. The Hall–Kier alpha value is -2.16. The van der Waals surface area contributed by atoms with Crippen LogP contribution in [0, 0.1) is 0 Å². The SMILES string of the molecule is COc1ccc(NC[C@H](C)c2ccc(OC)cc2)cc1. The molecule has 2 aromatic carbocycles. The predicted molar refractivity (Wildman–Crippen MR) is 82.9 cm³/mol. The van der Waals surface area contributed by atoms with E-state index in [0.29, 0.717) is 5.92 Å². The van der Waals surface area contributed by atoms with E-state index in [0.717, 1.165) is 23.7 Å². The van der Waals surface area contributed by atoms with Gasteiger partial charge in [-0.2, -0.15) is 0 Å². The number of ether oxygens (including phenoxy) is 2. The van der Waals surface area contributed by atoms with E-state index in [4.69, 9.17) is 9.47 Å². The van der Waals surface area contributed by atoms with Crippen molar-refractivity contribution >= 4 is 5.69 Å². The average Bonchev–Trinajstić information content (AvgIpc) is 2.53. The van der Waals surface area contributed by atoms with E-state index >= 15 is 0 Å². The zero-order valence-electron chi connectivity index (χ0n) is 12.2. The minimum atomic E-state index is 0.433. The van der Waals surface area contributed by atoms with Crippen molar-refractivity contribution in [3.05, 3.63) is 54.1 Å². The lowest BCUT2D eigenvalue weighted by Crippen LogP contribution is -2.09. The molecule has 0 fully saturated rings. The van der Waals surface area contributed by atoms with Crippen LogP contribution >= 0.6 is 0 Å². The molecule has 2 rings (SSSR count).